The molecular weight excluding hydrogens is 240 g/mol. The Morgan fingerprint density at radius 2 is 2.11 bits per heavy atom. The van der Waals surface area contributed by atoms with E-state index in [9.17, 15) is 10.2 Å². The van der Waals surface area contributed by atoms with Crippen molar-refractivity contribution >= 4 is 5.69 Å². The number of hydrogen-bond acceptors (Lipinski definition) is 4. The highest BCUT2D eigenvalue weighted by atomic mass is 16.3. The second kappa shape index (κ2) is 5.80. The van der Waals surface area contributed by atoms with Crippen LogP contribution in [0.5, 0.6) is 5.75 Å². The first-order chi connectivity index (χ1) is 8.99. The summed E-state index contributed by atoms with van der Waals surface area (Å²) >= 11 is 0. The summed E-state index contributed by atoms with van der Waals surface area (Å²) in [5, 5.41) is 19.5. The minimum atomic E-state index is -0.634. The summed E-state index contributed by atoms with van der Waals surface area (Å²) in [7, 11) is 4.23. The van der Waals surface area contributed by atoms with E-state index in [0.29, 0.717) is 11.6 Å². The van der Waals surface area contributed by atoms with Crippen molar-refractivity contribution in [1.82, 2.24) is 4.90 Å². The van der Waals surface area contributed by atoms with Gasteiger partial charge in [0.2, 0.25) is 0 Å². The number of rotatable bonds is 3. The Morgan fingerprint density at radius 1 is 1.37 bits per heavy atom. The molecule has 1 aromatic rings. The largest absolute Gasteiger partial charge is 0.507 e. The monoisotopic (exact) mass is 264 g/mol. The molecule has 1 fully saturated rings. The number of phenols is 1. The molecule has 19 heavy (non-hydrogen) atoms. The Balaban J connectivity index is 2.15. The molecule has 1 heterocycles. The Labute approximate surface area is 115 Å². The Hall–Kier alpha value is -1.26. The molecule has 0 radical (unpaired) electrons. The molecule has 0 spiro atoms. The summed E-state index contributed by atoms with van der Waals surface area (Å²) in [5.41, 5.74) is 1.62. The molecule has 1 aliphatic rings. The second-order valence-electron chi connectivity index (χ2n) is 5.62. The minimum Gasteiger partial charge on any atom is -0.507 e. The summed E-state index contributed by atoms with van der Waals surface area (Å²) in [6, 6.07) is 6.13. The fourth-order valence-corrected chi connectivity index (χ4v) is 2.69. The molecule has 1 aliphatic heterocycles. The number of phenolic OH excluding ortho intramolecular Hbond substituents is 1. The Bertz CT molecular complexity index is 432. The summed E-state index contributed by atoms with van der Waals surface area (Å²) in [4.78, 5) is 4.57. The zero-order chi connectivity index (χ0) is 14.0. The van der Waals surface area contributed by atoms with E-state index >= 15 is 0 Å². The smallest absolute Gasteiger partial charge is 0.123 e. The molecule has 1 saturated heterocycles. The fraction of sp³-hybridized carbons (Fsp3) is 0.600. The van der Waals surface area contributed by atoms with Gasteiger partial charge in [0.15, 0.2) is 0 Å². The van der Waals surface area contributed by atoms with Crippen LogP contribution in [0.25, 0.3) is 0 Å². The summed E-state index contributed by atoms with van der Waals surface area (Å²) in [6.45, 7) is 3.68. The molecule has 2 unspecified atom stereocenters. The molecule has 0 bridgehead atoms. The van der Waals surface area contributed by atoms with Gasteiger partial charge in [-0.3, -0.25) is 0 Å². The van der Waals surface area contributed by atoms with Crippen LogP contribution in [0.2, 0.25) is 0 Å². The molecule has 0 saturated carbocycles. The van der Waals surface area contributed by atoms with Crippen LogP contribution in [0.15, 0.2) is 18.2 Å². The van der Waals surface area contributed by atoms with Gasteiger partial charge in [-0.25, -0.2) is 0 Å². The quantitative estimate of drug-likeness (QED) is 0.876. The van der Waals surface area contributed by atoms with Gasteiger partial charge in [0.1, 0.15) is 5.75 Å². The van der Waals surface area contributed by atoms with Crippen molar-refractivity contribution in [3.8, 4) is 5.75 Å². The molecule has 1 aromatic carbocycles. The molecular formula is C15H24N2O2. The SMILES string of the molecule is CC(O)c1ccc(N2CCCC(N(C)C)C2)cc1O. The van der Waals surface area contributed by atoms with Crippen LogP contribution in [0.1, 0.15) is 31.4 Å². The number of aliphatic hydroxyl groups is 1. The molecule has 0 aliphatic carbocycles. The summed E-state index contributed by atoms with van der Waals surface area (Å²) < 4.78 is 0. The first kappa shape index (κ1) is 14.2. The molecule has 2 N–H and O–H groups in total. The number of benzene rings is 1. The van der Waals surface area contributed by atoms with Crippen LogP contribution in [0.4, 0.5) is 5.69 Å². The van der Waals surface area contributed by atoms with Crippen molar-refractivity contribution in [3.63, 3.8) is 0 Å². The predicted octanol–water partition coefficient (Wildman–Crippen LogP) is 1.98. The van der Waals surface area contributed by atoms with E-state index in [1.807, 2.05) is 12.1 Å². The molecule has 0 amide bonds. The molecule has 2 atom stereocenters. The lowest BCUT2D eigenvalue weighted by Gasteiger charge is -2.37. The molecule has 106 valence electrons. The van der Waals surface area contributed by atoms with Crippen LogP contribution in [-0.2, 0) is 0 Å². The van der Waals surface area contributed by atoms with Gasteiger partial charge < -0.3 is 20.0 Å². The molecule has 2 rings (SSSR count). The van der Waals surface area contributed by atoms with Crippen molar-refractivity contribution in [2.24, 2.45) is 0 Å². The average molecular weight is 264 g/mol. The number of aliphatic hydroxyl groups excluding tert-OH is 1. The van der Waals surface area contributed by atoms with Gasteiger partial charge in [-0.05, 0) is 39.9 Å². The third kappa shape index (κ3) is 3.19. The van der Waals surface area contributed by atoms with Crippen molar-refractivity contribution < 1.29 is 10.2 Å². The van der Waals surface area contributed by atoms with Crippen molar-refractivity contribution in [2.45, 2.75) is 31.9 Å². The zero-order valence-corrected chi connectivity index (χ0v) is 12.0. The number of likely N-dealkylation sites (N-methyl/N-ethyl adjacent to an activating group) is 1. The lowest BCUT2D eigenvalue weighted by atomic mass is 10.0. The standard InChI is InChI=1S/C15H24N2O2/c1-11(18)14-7-6-12(9-15(14)19)17-8-4-5-13(10-17)16(2)3/h6-7,9,11,13,18-19H,4-5,8,10H2,1-3H3. The van der Waals surface area contributed by atoms with E-state index < -0.39 is 6.10 Å². The third-order valence-corrected chi connectivity index (χ3v) is 3.96. The average Bonchev–Trinajstić information content (AvgIpc) is 2.38. The van der Waals surface area contributed by atoms with Crippen LogP contribution >= 0.6 is 0 Å². The highest BCUT2D eigenvalue weighted by Crippen LogP contribution is 2.30. The number of aromatic hydroxyl groups is 1. The highest BCUT2D eigenvalue weighted by molar-refractivity contribution is 5.54. The van der Waals surface area contributed by atoms with Crippen LogP contribution in [-0.4, -0.2) is 48.3 Å². The van der Waals surface area contributed by atoms with Gasteiger partial charge in [-0.2, -0.15) is 0 Å². The van der Waals surface area contributed by atoms with Gasteiger partial charge in [-0.15, -0.1) is 0 Å². The van der Waals surface area contributed by atoms with Crippen LogP contribution < -0.4 is 4.90 Å². The summed E-state index contributed by atoms with van der Waals surface area (Å²) in [6.07, 6.45) is 1.76. The van der Waals surface area contributed by atoms with Gasteiger partial charge >= 0.3 is 0 Å². The van der Waals surface area contributed by atoms with Crippen molar-refractivity contribution in [1.29, 1.82) is 0 Å². The molecule has 0 aromatic heterocycles. The van der Waals surface area contributed by atoms with E-state index in [1.54, 1.807) is 13.0 Å². The topological polar surface area (TPSA) is 46.9 Å². The lowest BCUT2D eigenvalue weighted by Crippen LogP contribution is -2.45. The van der Waals surface area contributed by atoms with Gasteiger partial charge in [-0.1, -0.05) is 6.07 Å². The maximum absolute atomic E-state index is 9.97. The molecule has 4 nitrogen and oxygen atoms in total. The number of hydrogen-bond donors (Lipinski definition) is 2. The number of piperidine rings is 1. The van der Waals surface area contributed by atoms with Gasteiger partial charge in [0.05, 0.1) is 6.10 Å². The minimum absolute atomic E-state index is 0.180. The van der Waals surface area contributed by atoms with Crippen LogP contribution in [0.3, 0.4) is 0 Å². The van der Waals surface area contributed by atoms with Gasteiger partial charge in [0, 0.05) is 36.4 Å². The normalized spacial score (nSPS) is 21.7. The fourth-order valence-electron chi connectivity index (χ4n) is 2.69. The van der Waals surface area contributed by atoms with E-state index in [0.717, 1.165) is 18.8 Å². The maximum atomic E-state index is 9.97. The Morgan fingerprint density at radius 3 is 2.68 bits per heavy atom. The van der Waals surface area contributed by atoms with Crippen LogP contribution in [0, 0.1) is 0 Å². The van der Waals surface area contributed by atoms with E-state index in [2.05, 4.69) is 23.9 Å². The van der Waals surface area contributed by atoms with E-state index in [4.69, 9.17) is 0 Å². The van der Waals surface area contributed by atoms with Crippen molar-refractivity contribution in [2.75, 3.05) is 32.1 Å². The number of anilines is 1. The number of nitrogens with zero attached hydrogens (tertiary/aromatic N) is 2. The first-order valence-corrected chi connectivity index (χ1v) is 6.91. The Kier molecular flexibility index (Phi) is 4.32. The third-order valence-electron chi connectivity index (χ3n) is 3.96. The first-order valence-electron chi connectivity index (χ1n) is 6.91. The maximum Gasteiger partial charge on any atom is 0.123 e. The van der Waals surface area contributed by atoms with Gasteiger partial charge in [0.25, 0.3) is 0 Å². The van der Waals surface area contributed by atoms with Crippen molar-refractivity contribution in [3.05, 3.63) is 23.8 Å². The molecule has 4 heteroatoms. The van der Waals surface area contributed by atoms with E-state index in [-0.39, 0.29) is 5.75 Å². The summed E-state index contributed by atoms with van der Waals surface area (Å²) in [5.74, 6) is 0.180. The highest BCUT2D eigenvalue weighted by Gasteiger charge is 2.22. The zero-order valence-electron chi connectivity index (χ0n) is 12.0. The van der Waals surface area contributed by atoms with E-state index in [1.165, 1.54) is 12.8 Å². The second-order valence-corrected chi connectivity index (χ2v) is 5.62. The lowest BCUT2D eigenvalue weighted by molar-refractivity contribution is 0.195. The predicted molar refractivity (Wildman–Crippen MR) is 77.7 cm³/mol.